The second-order valence-electron chi connectivity index (χ2n) is 4.63. The van der Waals surface area contributed by atoms with Crippen LogP contribution in [0.15, 0.2) is 32.1 Å². The van der Waals surface area contributed by atoms with E-state index in [-0.39, 0.29) is 29.1 Å². The Morgan fingerprint density at radius 1 is 1.43 bits per heavy atom. The van der Waals surface area contributed by atoms with Gasteiger partial charge in [-0.25, -0.2) is 13.6 Å². The van der Waals surface area contributed by atoms with Crippen molar-refractivity contribution in [2.24, 2.45) is 5.14 Å². The standard InChI is InChI=1S/C12H14BrN3O4S/c1-7(2)12-15-11(20-16-12)6-19-9-4-3-8(13)5-10(9)21(14,17)18/h3-5,7H,6H2,1-2H3,(H2,14,17,18). The summed E-state index contributed by atoms with van der Waals surface area (Å²) in [6, 6.07) is 4.53. The van der Waals surface area contributed by atoms with E-state index < -0.39 is 10.0 Å². The molecule has 1 aromatic heterocycles. The maximum Gasteiger partial charge on any atom is 0.264 e. The lowest BCUT2D eigenvalue weighted by Gasteiger charge is -2.08. The molecule has 9 heteroatoms. The predicted octanol–water partition coefficient (Wildman–Crippen LogP) is 2.18. The quantitative estimate of drug-likeness (QED) is 0.857. The molecule has 21 heavy (non-hydrogen) atoms. The van der Waals surface area contributed by atoms with Gasteiger partial charge in [0, 0.05) is 10.4 Å². The van der Waals surface area contributed by atoms with Crippen molar-refractivity contribution in [2.45, 2.75) is 31.3 Å². The lowest BCUT2D eigenvalue weighted by atomic mass is 10.2. The van der Waals surface area contributed by atoms with Gasteiger partial charge in [-0.1, -0.05) is 34.9 Å². The van der Waals surface area contributed by atoms with Crippen molar-refractivity contribution in [3.8, 4) is 5.75 Å². The fraction of sp³-hybridized carbons (Fsp3) is 0.333. The zero-order valence-corrected chi connectivity index (χ0v) is 13.8. The molecule has 0 unspecified atom stereocenters. The Kier molecular flexibility index (Phi) is 4.64. The Labute approximate surface area is 130 Å². The monoisotopic (exact) mass is 375 g/mol. The van der Waals surface area contributed by atoms with Crippen molar-refractivity contribution in [3.63, 3.8) is 0 Å². The SMILES string of the molecule is CC(C)c1noc(COc2ccc(Br)cc2S(N)(=O)=O)n1. The van der Waals surface area contributed by atoms with Crippen LogP contribution in [-0.4, -0.2) is 18.6 Å². The maximum absolute atomic E-state index is 11.5. The van der Waals surface area contributed by atoms with E-state index in [1.54, 1.807) is 6.07 Å². The number of hydrogen-bond donors (Lipinski definition) is 1. The highest BCUT2D eigenvalue weighted by Crippen LogP contribution is 2.27. The Bertz CT molecular complexity index is 743. The zero-order valence-electron chi connectivity index (χ0n) is 11.4. The second-order valence-corrected chi connectivity index (χ2v) is 7.07. The number of aromatic nitrogens is 2. The van der Waals surface area contributed by atoms with Gasteiger partial charge in [0.25, 0.3) is 5.89 Å². The molecule has 0 aliphatic heterocycles. The Balaban J connectivity index is 2.20. The molecule has 2 aromatic rings. The van der Waals surface area contributed by atoms with Gasteiger partial charge >= 0.3 is 0 Å². The van der Waals surface area contributed by atoms with Gasteiger partial charge in [0.15, 0.2) is 12.4 Å². The van der Waals surface area contributed by atoms with Gasteiger partial charge in [-0.15, -0.1) is 0 Å². The van der Waals surface area contributed by atoms with E-state index in [2.05, 4.69) is 26.1 Å². The van der Waals surface area contributed by atoms with E-state index in [4.69, 9.17) is 14.4 Å². The number of benzene rings is 1. The molecule has 114 valence electrons. The minimum atomic E-state index is -3.89. The van der Waals surface area contributed by atoms with Crippen LogP contribution in [0.3, 0.4) is 0 Å². The van der Waals surface area contributed by atoms with E-state index in [1.165, 1.54) is 12.1 Å². The van der Waals surface area contributed by atoms with Gasteiger partial charge in [0.2, 0.25) is 10.0 Å². The van der Waals surface area contributed by atoms with Crippen LogP contribution in [0, 0.1) is 0 Å². The van der Waals surface area contributed by atoms with E-state index in [0.29, 0.717) is 10.3 Å². The summed E-state index contributed by atoms with van der Waals surface area (Å²) >= 11 is 3.19. The highest BCUT2D eigenvalue weighted by atomic mass is 79.9. The summed E-state index contributed by atoms with van der Waals surface area (Å²) in [7, 11) is -3.89. The van der Waals surface area contributed by atoms with E-state index >= 15 is 0 Å². The van der Waals surface area contributed by atoms with Crippen LogP contribution in [0.4, 0.5) is 0 Å². The zero-order chi connectivity index (χ0) is 15.6. The maximum atomic E-state index is 11.5. The molecule has 1 aromatic carbocycles. The number of nitrogens with zero attached hydrogens (tertiary/aromatic N) is 2. The second kappa shape index (κ2) is 6.12. The molecule has 1 heterocycles. The molecule has 0 bridgehead atoms. The third-order valence-electron chi connectivity index (χ3n) is 2.56. The largest absolute Gasteiger partial charge is 0.482 e. The first-order valence-electron chi connectivity index (χ1n) is 6.05. The van der Waals surface area contributed by atoms with Crippen LogP contribution in [0.1, 0.15) is 31.5 Å². The molecular weight excluding hydrogens is 362 g/mol. The Morgan fingerprint density at radius 3 is 2.71 bits per heavy atom. The summed E-state index contributed by atoms with van der Waals surface area (Å²) < 4.78 is 34.1. The van der Waals surface area contributed by atoms with Crippen molar-refractivity contribution in [1.82, 2.24) is 10.1 Å². The van der Waals surface area contributed by atoms with Crippen LogP contribution >= 0.6 is 15.9 Å². The molecule has 0 saturated carbocycles. The third-order valence-corrected chi connectivity index (χ3v) is 3.99. The molecule has 0 atom stereocenters. The number of nitrogens with two attached hydrogens (primary N) is 1. The molecule has 0 spiro atoms. The van der Waals surface area contributed by atoms with Crippen molar-refractivity contribution in [2.75, 3.05) is 0 Å². The van der Waals surface area contributed by atoms with Crippen LogP contribution in [0.5, 0.6) is 5.75 Å². The molecule has 0 saturated heterocycles. The van der Waals surface area contributed by atoms with Crippen molar-refractivity contribution >= 4 is 26.0 Å². The third kappa shape index (κ3) is 4.02. The van der Waals surface area contributed by atoms with Gasteiger partial charge in [-0.3, -0.25) is 0 Å². The van der Waals surface area contributed by atoms with Gasteiger partial charge < -0.3 is 9.26 Å². The lowest BCUT2D eigenvalue weighted by molar-refractivity contribution is 0.237. The molecule has 0 amide bonds. The highest BCUT2D eigenvalue weighted by molar-refractivity contribution is 9.10. The Hall–Kier alpha value is -1.45. The summed E-state index contributed by atoms with van der Waals surface area (Å²) in [5.74, 6) is 1.10. The minimum Gasteiger partial charge on any atom is -0.482 e. The van der Waals surface area contributed by atoms with E-state index in [1.807, 2.05) is 13.8 Å². The number of rotatable bonds is 5. The topological polar surface area (TPSA) is 108 Å². The number of sulfonamides is 1. The molecule has 7 nitrogen and oxygen atoms in total. The Morgan fingerprint density at radius 2 is 2.14 bits per heavy atom. The van der Waals surface area contributed by atoms with Crippen LogP contribution in [-0.2, 0) is 16.6 Å². The van der Waals surface area contributed by atoms with E-state index in [0.717, 1.165) is 0 Å². The average Bonchev–Trinajstić information content (AvgIpc) is 2.85. The smallest absolute Gasteiger partial charge is 0.264 e. The van der Waals surface area contributed by atoms with Gasteiger partial charge in [-0.2, -0.15) is 4.98 Å². The molecule has 2 N–H and O–H groups in total. The van der Waals surface area contributed by atoms with Crippen molar-refractivity contribution in [3.05, 3.63) is 34.4 Å². The first-order valence-corrected chi connectivity index (χ1v) is 8.39. The molecular formula is C12H14BrN3O4S. The van der Waals surface area contributed by atoms with Crippen molar-refractivity contribution < 1.29 is 17.7 Å². The van der Waals surface area contributed by atoms with Crippen molar-refractivity contribution in [1.29, 1.82) is 0 Å². The first kappa shape index (κ1) is 15.9. The minimum absolute atomic E-state index is 0.0378. The summed E-state index contributed by atoms with van der Waals surface area (Å²) in [5, 5.41) is 8.96. The average molecular weight is 376 g/mol. The van der Waals surface area contributed by atoms with Gasteiger partial charge in [0.1, 0.15) is 10.6 Å². The van der Waals surface area contributed by atoms with Crippen LogP contribution in [0.25, 0.3) is 0 Å². The molecule has 2 rings (SSSR count). The molecule has 0 radical (unpaired) electrons. The number of ether oxygens (including phenoxy) is 1. The number of hydrogen-bond acceptors (Lipinski definition) is 6. The van der Waals surface area contributed by atoms with E-state index in [9.17, 15) is 8.42 Å². The van der Waals surface area contributed by atoms with Crippen LogP contribution < -0.4 is 9.88 Å². The molecule has 0 aliphatic rings. The fourth-order valence-corrected chi connectivity index (χ4v) is 2.74. The number of primary sulfonamides is 1. The van der Waals surface area contributed by atoms with Gasteiger partial charge in [0.05, 0.1) is 0 Å². The molecule has 0 aliphatic carbocycles. The van der Waals surface area contributed by atoms with Gasteiger partial charge in [-0.05, 0) is 18.2 Å². The summed E-state index contributed by atoms with van der Waals surface area (Å²) in [4.78, 5) is 4.03. The predicted molar refractivity (Wildman–Crippen MR) is 78.2 cm³/mol. The van der Waals surface area contributed by atoms with Crippen LogP contribution in [0.2, 0.25) is 0 Å². The summed E-state index contributed by atoms with van der Waals surface area (Å²) in [5.41, 5.74) is 0. The fourth-order valence-electron chi connectivity index (χ4n) is 1.52. The summed E-state index contributed by atoms with van der Waals surface area (Å²) in [6.45, 7) is 3.83. The highest BCUT2D eigenvalue weighted by Gasteiger charge is 2.17. The lowest BCUT2D eigenvalue weighted by Crippen LogP contribution is -2.14. The number of halogens is 1. The molecule has 0 fully saturated rings. The summed E-state index contributed by atoms with van der Waals surface area (Å²) in [6.07, 6.45) is 0. The first-order chi connectivity index (χ1) is 9.77. The normalized spacial score (nSPS) is 11.9.